The summed E-state index contributed by atoms with van der Waals surface area (Å²) in [6.45, 7) is 2.22. The third kappa shape index (κ3) is 4.63. The van der Waals surface area contributed by atoms with E-state index in [1.54, 1.807) is 24.3 Å². The van der Waals surface area contributed by atoms with Crippen LogP contribution in [-0.4, -0.2) is 32.1 Å². The van der Waals surface area contributed by atoms with Crippen LogP contribution in [0.1, 0.15) is 35.2 Å². The minimum Gasteiger partial charge on any atom is -0.465 e. The molecule has 5 heteroatoms. The molecule has 1 heterocycles. The molecule has 0 atom stereocenters. The van der Waals surface area contributed by atoms with E-state index < -0.39 is 5.97 Å². The number of benzene rings is 2. The molecule has 136 valence electrons. The number of hydrogen-bond acceptors (Lipinski definition) is 4. The Morgan fingerprint density at radius 3 is 2.46 bits per heavy atom. The van der Waals surface area contributed by atoms with E-state index >= 15 is 0 Å². The van der Waals surface area contributed by atoms with E-state index in [0.717, 1.165) is 18.7 Å². The van der Waals surface area contributed by atoms with Gasteiger partial charge in [-0.15, -0.1) is 0 Å². The number of esters is 1. The van der Waals surface area contributed by atoms with Crippen LogP contribution in [0, 0.1) is 0 Å². The van der Waals surface area contributed by atoms with E-state index in [1.807, 2.05) is 12.1 Å². The first-order chi connectivity index (χ1) is 12.7. The molecule has 2 aromatic carbocycles. The van der Waals surface area contributed by atoms with Crippen LogP contribution in [0.4, 0.5) is 11.4 Å². The zero-order chi connectivity index (χ0) is 18.4. The Hall–Kier alpha value is -2.82. The van der Waals surface area contributed by atoms with Crippen LogP contribution in [0.2, 0.25) is 0 Å². The second-order valence-electron chi connectivity index (χ2n) is 6.51. The quantitative estimate of drug-likeness (QED) is 0.835. The molecule has 0 unspecified atom stereocenters. The van der Waals surface area contributed by atoms with Crippen molar-refractivity contribution in [2.75, 3.05) is 30.4 Å². The van der Waals surface area contributed by atoms with Crippen LogP contribution >= 0.6 is 0 Å². The number of piperidine rings is 1. The third-order valence-corrected chi connectivity index (χ3v) is 4.59. The second kappa shape index (κ2) is 8.52. The largest absolute Gasteiger partial charge is 0.465 e. The number of methoxy groups -OCH3 is 1. The van der Waals surface area contributed by atoms with Crippen LogP contribution in [0.25, 0.3) is 0 Å². The first-order valence-corrected chi connectivity index (χ1v) is 8.98. The summed E-state index contributed by atoms with van der Waals surface area (Å²) in [6.07, 6.45) is 4.10. The molecule has 0 radical (unpaired) electrons. The highest BCUT2D eigenvalue weighted by Crippen LogP contribution is 2.20. The lowest BCUT2D eigenvalue weighted by molar-refractivity contribution is -0.115. The average Bonchev–Trinajstić information content (AvgIpc) is 2.68. The molecule has 1 aliphatic rings. The lowest BCUT2D eigenvalue weighted by Crippen LogP contribution is -2.29. The molecule has 1 aliphatic heterocycles. The number of hydrogen-bond donors (Lipinski definition) is 1. The maximum atomic E-state index is 12.3. The lowest BCUT2D eigenvalue weighted by atomic mass is 10.1. The molecule has 2 aromatic rings. The summed E-state index contributed by atoms with van der Waals surface area (Å²) in [5.74, 6) is -0.535. The lowest BCUT2D eigenvalue weighted by Gasteiger charge is -2.28. The second-order valence-corrected chi connectivity index (χ2v) is 6.51. The summed E-state index contributed by atoms with van der Waals surface area (Å²) >= 11 is 0. The summed E-state index contributed by atoms with van der Waals surface area (Å²) in [6, 6.07) is 14.9. The molecule has 0 spiro atoms. The van der Waals surface area contributed by atoms with Crippen molar-refractivity contribution in [1.29, 1.82) is 0 Å². The highest BCUT2D eigenvalue weighted by atomic mass is 16.5. The summed E-state index contributed by atoms with van der Waals surface area (Å²) in [4.78, 5) is 26.2. The zero-order valence-electron chi connectivity index (χ0n) is 15.0. The van der Waals surface area contributed by atoms with Gasteiger partial charge in [0.05, 0.1) is 19.1 Å². The molecule has 0 aliphatic carbocycles. The normalized spacial score (nSPS) is 14.0. The van der Waals surface area contributed by atoms with Gasteiger partial charge in [-0.05, 0) is 55.2 Å². The van der Waals surface area contributed by atoms with Crippen LogP contribution in [0.3, 0.4) is 0 Å². The maximum Gasteiger partial charge on any atom is 0.337 e. The molecular weight excluding hydrogens is 328 g/mol. The molecule has 5 nitrogen and oxygen atoms in total. The smallest absolute Gasteiger partial charge is 0.337 e. The van der Waals surface area contributed by atoms with Crippen molar-refractivity contribution < 1.29 is 14.3 Å². The van der Waals surface area contributed by atoms with Crippen molar-refractivity contribution in [3.8, 4) is 0 Å². The van der Waals surface area contributed by atoms with Crippen molar-refractivity contribution in [2.24, 2.45) is 0 Å². The minimum absolute atomic E-state index is 0.113. The Kier molecular flexibility index (Phi) is 5.89. The Bertz CT molecular complexity index is 765. The van der Waals surface area contributed by atoms with E-state index in [-0.39, 0.29) is 5.91 Å². The summed E-state index contributed by atoms with van der Waals surface area (Å²) in [7, 11) is 1.33. The van der Waals surface area contributed by atoms with Gasteiger partial charge in [-0.2, -0.15) is 0 Å². The molecule has 3 rings (SSSR count). The van der Waals surface area contributed by atoms with E-state index in [1.165, 1.54) is 32.1 Å². The van der Waals surface area contributed by atoms with Gasteiger partial charge in [0.1, 0.15) is 0 Å². The van der Waals surface area contributed by atoms with Crippen LogP contribution in [0.15, 0.2) is 48.5 Å². The Balaban J connectivity index is 1.58. The van der Waals surface area contributed by atoms with Crippen molar-refractivity contribution >= 4 is 23.3 Å². The third-order valence-electron chi connectivity index (χ3n) is 4.59. The zero-order valence-corrected chi connectivity index (χ0v) is 15.0. The van der Waals surface area contributed by atoms with Crippen LogP contribution < -0.4 is 10.2 Å². The molecule has 1 saturated heterocycles. The van der Waals surface area contributed by atoms with Crippen molar-refractivity contribution in [2.45, 2.75) is 25.7 Å². The van der Waals surface area contributed by atoms with Crippen LogP contribution in [0.5, 0.6) is 0 Å². The molecule has 0 aromatic heterocycles. The molecule has 1 N–H and O–H groups in total. The molecular formula is C21H24N2O3. The summed E-state index contributed by atoms with van der Waals surface area (Å²) in [5, 5.41) is 2.83. The summed E-state index contributed by atoms with van der Waals surface area (Å²) < 4.78 is 4.70. The number of carbonyl (C=O) groups excluding carboxylic acids is 2. The first kappa shape index (κ1) is 18.0. The van der Waals surface area contributed by atoms with Gasteiger partial charge in [-0.1, -0.05) is 18.2 Å². The summed E-state index contributed by atoms with van der Waals surface area (Å²) in [5.41, 5.74) is 3.19. The van der Waals surface area contributed by atoms with Gasteiger partial charge in [-0.25, -0.2) is 4.79 Å². The highest BCUT2D eigenvalue weighted by molar-refractivity contribution is 5.95. The number of carbonyl (C=O) groups is 2. The minimum atomic E-state index is -0.422. The molecule has 1 amide bonds. The fourth-order valence-electron chi connectivity index (χ4n) is 3.21. The fourth-order valence-corrected chi connectivity index (χ4v) is 3.21. The number of nitrogens with zero attached hydrogens (tertiary/aromatic N) is 1. The molecule has 0 saturated carbocycles. The monoisotopic (exact) mass is 352 g/mol. The molecule has 0 bridgehead atoms. The van der Waals surface area contributed by atoms with Crippen LogP contribution in [-0.2, 0) is 16.0 Å². The number of rotatable bonds is 5. The Morgan fingerprint density at radius 2 is 1.77 bits per heavy atom. The van der Waals surface area contributed by atoms with Gasteiger partial charge in [0.2, 0.25) is 5.91 Å². The van der Waals surface area contributed by atoms with E-state index in [9.17, 15) is 9.59 Å². The molecule has 26 heavy (non-hydrogen) atoms. The fraction of sp³-hybridized carbons (Fsp3) is 0.333. The predicted octanol–water partition coefficient (Wildman–Crippen LogP) is 3.64. The highest BCUT2D eigenvalue weighted by Gasteiger charge is 2.12. The standard InChI is InChI=1S/C21H24N2O3/c1-26-21(25)17-6-5-7-18(15-17)22-20(24)14-16-8-10-19(11-9-16)23-12-3-2-4-13-23/h5-11,15H,2-4,12-14H2,1H3,(H,22,24). The van der Waals surface area contributed by atoms with Gasteiger partial charge >= 0.3 is 5.97 Å². The Morgan fingerprint density at radius 1 is 1.04 bits per heavy atom. The predicted molar refractivity (Wildman–Crippen MR) is 103 cm³/mol. The van der Waals surface area contributed by atoms with Crippen molar-refractivity contribution in [3.05, 3.63) is 59.7 Å². The van der Waals surface area contributed by atoms with Gasteiger partial charge in [0, 0.05) is 24.5 Å². The van der Waals surface area contributed by atoms with Gasteiger partial charge in [0.25, 0.3) is 0 Å². The van der Waals surface area contributed by atoms with Gasteiger partial charge in [0.15, 0.2) is 0 Å². The number of nitrogens with one attached hydrogen (secondary N) is 1. The molecule has 1 fully saturated rings. The van der Waals surface area contributed by atoms with Gasteiger partial charge < -0.3 is 15.0 Å². The average molecular weight is 352 g/mol. The number of ether oxygens (including phenoxy) is 1. The Labute approximate surface area is 154 Å². The maximum absolute atomic E-state index is 12.3. The van der Waals surface area contributed by atoms with E-state index in [4.69, 9.17) is 4.74 Å². The number of anilines is 2. The SMILES string of the molecule is COC(=O)c1cccc(NC(=O)Cc2ccc(N3CCCCC3)cc2)c1. The first-order valence-electron chi connectivity index (χ1n) is 8.98. The van der Waals surface area contributed by atoms with E-state index in [0.29, 0.717) is 17.7 Å². The van der Waals surface area contributed by atoms with Crippen molar-refractivity contribution in [1.82, 2.24) is 0 Å². The topological polar surface area (TPSA) is 58.6 Å². The van der Waals surface area contributed by atoms with Gasteiger partial charge in [-0.3, -0.25) is 4.79 Å². The number of amides is 1. The van der Waals surface area contributed by atoms with E-state index in [2.05, 4.69) is 22.3 Å². The van der Waals surface area contributed by atoms with Crippen molar-refractivity contribution in [3.63, 3.8) is 0 Å².